The van der Waals surface area contributed by atoms with Crippen molar-refractivity contribution in [2.24, 2.45) is 0 Å². The van der Waals surface area contributed by atoms with Gasteiger partial charge in [0, 0.05) is 6.20 Å². The monoisotopic (exact) mass is 402 g/mol. The number of pyridine rings is 1. The summed E-state index contributed by atoms with van der Waals surface area (Å²) in [7, 11) is -7.49. The minimum atomic E-state index is -4.63. The van der Waals surface area contributed by atoms with Gasteiger partial charge in [-0.15, -0.1) is 0 Å². The number of hydrogen-bond acceptors (Lipinski definition) is 8. The zero-order valence-corrected chi connectivity index (χ0v) is 15.0. The van der Waals surface area contributed by atoms with Crippen molar-refractivity contribution >= 4 is 25.8 Å². The summed E-state index contributed by atoms with van der Waals surface area (Å²) in [4.78, 5) is 2.96. The summed E-state index contributed by atoms with van der Waals surface area (Å²) >= 11 is 0. The van der Waals surface area contributed by atoms with Gasteiger partial charge >= 0.3 is 0 Å². The van der Waals surface area contributed by atoms with Crippen molar-refractivity contribution in [1.82, 2.24) is 4.98 Å². The molecule has 0 saturated carbocycles. The van der Waals surface area contributed by atoms with E-state index in [9.17, 15) is 21.4 Å². The van der Waals surface area contributed by atoms with Gasteiger partial charge in [-0.3, -0.25) is 9.27 Å². The van der Waals surface area contributed by atoms with Gasteiger partial charge in [-0.05, 0) is 24.3 Å². The average molecular weight is 402 g/mol. The Hall–Kier alpha value is -2.57. The molecule has 26 heavy (non-hydrogen) atoms. The highest BCUT2D eigenvalue weighted by Gasteiger charge is 2.31. The highest BCUT2D eigenvalue weighted by Crippen LogP contribution is 2.42. The molecule has 1 aromatic heterocycles. The van der Waals surface area contributed by atoms with Gasteiger partial charge in [0.1, 0.15) is 28.7 Å². The number of aromatic nitrogens is 1. The van der Waals surface area contributed by atoms with Gasteiger partial charge in [0.05, 0.1) is 7.11 Å². The van der Waals surface area contributed by atoms with Gasteiger partial charge in [0.25, 0.3) is 20.1 Å². The van der Waals surface area contributed by atoms with E-state index in [1.165, 1.54) is 25.4 Å². The van der Waals surface area contributed by atoms with Crippen LogP contribution in [-0.4, -0.2) is 46.7 Å². The molecule has 0 aliphatic carbocycles. The third kappa shape index (κ3) is 3.38. The summed E-state index contributed by atoms with van der Waals surface area (Å²) in [6.07, 6.45) is 1.43. The molecule has 2 N–H and O–H groups in total. The number of rotatable bonds is 5. The number of fused-ring (bicyclic) bond motifs is 1. The van der Waals surface area contributed by atoms with Crippen LogP contribution in [0.1, 0.15) is 0 Å². The zero-order valence-electron chi connectivity index (χ0n) is 13.4. The van der Waals surface area contributed by atoms with E-state index in [1.54, 1.807) is 0 Å². The van der Waals surface area contributed by atoms with Gasteiger partial charge in [0.2, 0.25) is 5.88 Å². The first-order valence-electron chi connectivity index (χ1n) is 7.16. The molecule has 0 amide bonds. The van der Waals surface area contributed by atoms with Crippen molar-refractivity contribution in [3.63, 3.8) is 0 Å². The molecule has 3 rings (SSSR count). The summed E-state index contributed by atoms with van der Waals surface area (Å²) in [6.45, 7) is 0.0174. The largest absolute Gasteiger partial charge is 0.485 e. The van der Waals surface area contributed by atoms with Crippen LogP contribution in [0, 0.1) is 0 Å². The Bertz CT molecular complexity index is 1050. The number of benzene rings is 1. The Kier molecular flexibility index (Phi) is 4.64. The molecule has 1 aliphatic rings. The lowest BCUT2D eigenvalue weighted by molar-refractivity contribution is 0.162. The fourth-order valence-corrected chi connectivity index (χ4v) is 4.16. The van der Waals surface area contributed by atoms with Gasteiger partial charge in [-0.1, -0.05) is 0 Å². The number of nitrogens with one attached hydrogen (secondary N) is 1. The van der Waals surface area contributed by atoms with E-state index >= 15 is 0 Å². The highest BCUT2D eigenvalue weighted by atomic mass is 32.2. The standard InChI is InChI=1S/C14H14N2O8S2/c1-22-14-9(3-2-6-15-14)16-25(17,18)10-4-5-11(26(19,20)21)13-12(10)23-7-8-24-13/h2-6,16H,7-8H2,1H3,(H,19,20,21). The smallest absolute Gasteiger partial charge is 0.298 e. The maximum absolute atomic E-state index is 12.8. The second kappa shape index (κ2) is 6.63. The maximum atomic E-state index is 12.8. The first-order valence-corrected chi connectivity index (χ1v) is 10.1. The lowest BCUT2D eigenvalue weighted by Crippen LogP contribution is -2.22. The number of ether oxygens (including phenoxy) is 3. The fraction of sp³-hybridized carbons (Fsp3) is 0.214. The Labute approximate surface area is 149 Å². The molecule has 0 saturated heterocycles. The predicted octanol–water partition coefficient (Wildman–Crippen LogP) is 0.909. The lowest BCUT2D eigenvalue weighted by atomic mass is 10.3. The summed E-state index contributed by atoms with van der Waals surface area (Å²) < 4.78 is 75.6. The number of nitrogens with zero attached hydrogens (tertiary/aromatic N) is 1. The Balaban J connectivity index is 2.11. The molecule has 1 aromatic carbocycles. The van der Waals surface area contributed by atoms with Crippen LogP contribution >= 0.6 is 0 Å². The second-order valence-electron chi connectivity index (χ2n) is 5.06. The van der Waals surface area contributed by atoms with Crippen LogP contribution in [-0.2, 0) is 20.1 Å². The van der Waals surface area contributed by atoms with Crippen molar-refractivity contribution in [3.05, 3.63) is 30.5 Å². The molecule has 0 atom stereocenters. The van der Waals surface area contributed by atoms with Crippen molar-refractivity contribution < 1.29 is 35.6 Å². The van der Waals surface area contributed by atoms with E-state index < -0.39 is 25.0 Å². The summed E-state index contributed by atoms with van der Waals surface area (Å²) in [5.41, 5.74) is 0.0827. The summed E-state index contributed by atoms with van der Waals surface area (Å²) in [5.74, 6) is -0.613. The number of hydrogen-bond donors (Lipinski definition) is 2. The normalized spacial score (nSPS) is 13.9. The van der Waals surface area contributed by atoms with Gasteiger partial charge < -0.3 is 14.2 Å². The fourth-order valence-electron chi connectivity index (χ4n) is 2.33. The van der Waals surface area contributed by atoms with E-state index in [2.05, 4.69) is 9.71 Å². The van der Waals surface area contributed by atoms with Crippen LogP contribution in [0.25, 0.3) is 0 Å². The minimum Gasteiger partial charge on any atom is -0.485 e. The van der Waals surface area contributed by atoms with Crippen molar-refractivity contribution in [3.8, 4) is 17.4 Å². The Morgan fingerprint density at radius 1 is 1.08 bits per heavy atom. The third-order valence-electron chi connectivity index (χ3n) is 3.39. The van der Waals surface area contributed by atoms with Crippen molar-refractivity contribution in [1.29, 1.82) is 0 Å². The summed E-state index contributed by atoms with van der Waals surface area (Å²) in [5, 5.41) is 0. The zero-order chi connectivity index (χ0) is 18.9. The molecule has 10 nitrogen and oxygen atoms in total. The van der Waals surface area contributed by atoms with E-state index in [1.807, 2.05) is 0 Å². The topological polar surface area (TPSA) is 141 Å². The number of sulfonamides is 1. The van der Waals surface area contributed by atoms with Crippen LogP contribution in [0.3, 0.4) is 0 Å². The van der Waals surface area contributed by atoms with Crippen molar-refractivity contribution in [2.45, 2.75) is 9.79 Å². The highest BCUT2D eigenvalue weighted by molar-refractivity contribution is 7.92. The van der Waals surface area contributed by atoms with Gasteiger partial charge in [0.15, 0.2) is 11.5 Å². The lowest BCUT2D eigenvalue weighted by Gasteiger charge is -2.22. The number of methoxy groups -OCH3 is 1. The van der Waals surface area contributed by atoms with Crippen LogP contribution in [0.4, 0.5) is 5.69 Å². The van der Waals surface area contributed by atoms with Crippen LogP contribution in [0.15, 0.2) is 40.3 Å². The minimum absolute atomic E-state index is 0.00285. The Morgan fingerprint density at radius 3 is 2.31 bits per heavy atom. The SMILES string of the molecule is COc1ncccc1NS(=O)(=O)c1ccc(S(=O)(=O)O)c2c1OCCO2. The second-order valence-corrected chi connectivity index (χ2v) is 8.10. The molecule has 1 aliphatic heterocycles. The molecule has 0 spiro atoms. The van der Waals surface area contributed by atoms with Gasteiger partial charge in [-0.25, -0.2) is 13.4 Å². The van der Waals surface area contributed by atoms with E-state index in [0.29, 0.717) is 0 Å². The quantitative estimate of drug-likeness (QED) is 0.698. The molecule has 0 bridgehead atoms. The van der Waals surface area contributed by atoms with Crippen LogP contribution in [0.5, 0.6) is 17.4 Å². The molecular formula is C14H14N2O8S2. The molecule has 2 heterocycles. The maximum Gasteiger partial charge on any atom is 0.298 e. The van der Waals surface area contributed by atoms with Crippen LogP contribution < -0.4 is 18.9 Å². The molecular weight excluding hydrogens is 388 g/mol. The molecule has 0 unspecified atom stereocenters. The van der Waals surface area contributed by atoms with Crippen LogP contribution in [0.2, 0.25) is 0 Å². The molecule has 12 heteroatoms. The van der Waals surface area contributed by atoms with E-state index in [0.717, 1.165) is 12.1 Å². The average Bonchev–Trinajstić information content (AvgIpc) is 2.60. The first kappa shape index (κ1) is 18.2. The molecule has 0 radical (unpaired) electrons. The van der Waals surface area contributed by atoms with E-state index in [4.69, 9.17) is 14.2 Å². The first-order chi connectivity index (χ1) is 12.2. The van der Waals surface area contributed by atoms with E-state index in [-0.39, 0.29) is 41.2 Å². The third-order valence-corrected chi connectivity index (χ3v) is 5.66. The van der Waals surface area contributed by atoms with Gasteiger partial charge in [-0.2, -0.15) is 8.42 Å². The number of anilines is 1. The molecule has 140 valence electrons. The predicted molar refractivity (Wildman–Crippen MR) is 88.8 cm³/mol. The van der Waals surface area contributed by atoms with Crippen molar-refractivity contribution in [2.75, 3.05) is 25.0 Å². The Morgan fingerprint density at radius 2 is 1.69 bits per heavy atom. The molecule has 0 fully saturated rings. The molecule has 2 aromatic rings. The summed E-state index contributed by atoms with van der Waals surface area (Å²) in [6, 6.07) is 4.89.